The molecule has 2 aromatic heterocycles. The van der Waals surface area contributed by atoms with Crippen molar-refractivity contribution in [3.8, 4) is 29.1 Å². The maximum atomic E-state index is 14.4. The first-order valence-corrected chi connectivity index (χ1v) is 32.1. The van der Waals surface area contributed by atoms with Crippen molar-refractivity contribution in [1.82, 2.24) is 40.3 Å². The molecule has 6 heterocycles. The van der Waals surface area contributed by atoms with Crippen LogP contribution < -0.4 is 29.9 Å². The van der Waals surface area contributed by atoms with Crippen molar-refractivity contribution in [3.05, 3.63) is 113 Å². The highest BCUT2D eigenvalue weighted by atomic mass is 32.1. The molecule has 19 nitrogen and oxygen atoms in total. The number of rotatable bonds is 25. The summed E-state index contributed by atoms with van der Waals surface area (Å²) in [4.78, 5) is 66.3. The molecular weight excluding hydrogens is 1120 g/mol. The second kappa shape index (κ2) is 29.2. The van der Waals surface area contributed by atoms with Crippen molar-refractivity contribution in [2.45, 2.75) is 114 Å². The summed E-state index contributed by atoms with van der Waals surface area (Å²) in [5, 5.41) is 23.3. The van der Waals surface area contributed by atoms with E-state index in [1.165, 1.54) is 23.3 Å². The third-order valence-corrected chi connectivity index (χ3v) is 19.2. The van der Waals surface area contributed by atoms with Crippen LogP contribution in [0.25, 0.3) is 32.8 Å². The zero-order valence-electron chi connectivity index (χ0n) is 50.6. The van der Waals surface area contributed by atoms with Gasteiger partial charge in [0.05, 0.1) is 87.7 Å². The largest absolute Gasteiger partial charge is 0.491 e. The molecule has 87 heavy (non-hydrogen) atoms. The highest BCUT2D eigenvalue weighted by Crippen LogP contribution is 2.41. The van der Waals surface area contributed by atoms with Gasteiger partial charge >= 0.3 is 6.01 Å². The molecule has 2 N–H and O–H groups in total. The fourth-order valence-electron chi connectivity index (χ4n) is 13.4. The maximum absolute atomic E-state index is 14.4. The average molecular weight is 1200 g/mol. The zero-order valence-corrected chi connectivity index (χ0v) is 51.4. The van der Waals surface area contributed by atoms with Crippen LogP contribution in [0.4, 0.5) is 11.5 Å². The Kier molecular flexibility index (Phi) is 20.6. The van der Waals surface area contributed by atoms with Gasteiger partial charge in [0.2, 0.25) is 17.7 Å². The van der Waals surface area contributed by atoms with Crippen molar-refractivity contribution < 1.29 is 38.1 Å². The van der Waals surface area contributed by atoms with Crippen LogP contribution in [-0.2, 0) is 41.6 Å². The number of piperazine rings is 1. The Morgan fingerprint density at radius 3 is 2.37 bits per heavy atom. The van der Waals surface area contributed by atoms with Gasteiger partial charge in [0, 0.05) is 78.3 Å². The van der Waals surface area contributed by atoms with Crippen LogP contribution in [-0.4, -0.2) is 177 Å². The quantitative estimate of drug-likeness (QED) is 0.0408. The van der Waals surface area contributed by atoms with Crippen LogP contribution in [0.2, 0.25) is 0 Å². The van der Waals surface area contributed by atoms with E-state index in [2.05, 4.69) is 111 Å². The lowest BCUT2D eigenvalue weighted by Gasteiger charge is -2.42. The molecule has 460 valence electrons. The topological polar surface area (TPSA) is 200 Å². The Bertz CT molecular complexity index is 3400. The molecule has 1 unspecified atom stereocenters. The number of nitrogens with one attached hydrogen (secondary N) is 2. The van der Waals surface area contributed by atoms with E-state index in [9.17, 15) is 19.6 Å². The van der Waals surface area contributed by atoms with E-state index >= 15 is 0 Å². The molecule has 0 radical (unpaired) electrons. The first kappa shape index (κ1) is 61.4. The highest BCUT2D eigenvalue weighted by molar-refractivity contribution is 7.10. The standard InChI is InChI=1S/C67H83N11O8S/c1-5-61(79)77-32-31-76(40-48(77)26-28-68)63-55-27-30-75(58-22-13-18-46-15-9-10-19-51(46)58)42-56(55)71-67(73-63)86-43-49-39-50(41-74(49)4)84-37-35-82-33-34-83-36-38-85-60-25-24-53(52-20-11-12-21-54(52)60)57-44-87-65(70-57)59-23-14-29-78(59)66(81)62(47-16-7-6-8-17-47)72-64(80)45(2)69-3/h5,9-13,15,18-22,24-25,44-45,47-50,59,62,69H,1,6-8,14,16-17,23,26-27,29-43H2,2-4H3,(H,72,80)/t45?,48-,49-,50+,59-,62-/m0/s1. The number of likely N-dealkylation sites (N-methyl/N-ethyl adjacent to an activating group) is 2. The van der Waals surface area contributed by atoms with Gasteiger partial charge in [-0.1, -0.05) is 86.5 Å². The lowest BCUT2D eigenvalue weighted by molar-refractivity contribution is -0.139. The monoisotopic (exact) mass is 1200 g/mol. The lowest BCUT2D eigenvalue weighted by Crippen LogP contribution is -2.55. The number of carbonyl (C=O) groups is 3. The van der Waals surface area contributed by atoms with Crippen LogP contribution in [0.1, 0.15) is 87.0 Å². The van der Waals surface area contributed by atoms with Gasteiger partial charge in [0.25, 0.3) is 0 Å². The third-order valence-electron chi connectivity index (χ3n) is 18.2. The Labute approximate surface area is 514 Å². The summed E-state index contributed by atoms with van der Waals surface area (Å²) in [5.41, 5.74) is 5.04. The number of fused-ring (bicyclic) bond motifs is 3. The number of benzene rings is 4. The molecule has 11 rings (SSSR count). The SMILES string of the molecule is C=CC(=O)N1CCN(c2nc(OC[C@@H]3C[C@@H](OCCOCCOCCOc4ccc(-c5csc([C@@H]6CCCN6C(=O)[C@@H](NC(=O)C(C)NC)C6CCCCC6)n5)c5ccccc45)CN3C)nc3c2CCN(c2cccc4ccccc24)C3)C[C@@H]1CC#N. The van der Waals surface area contributed by atoms with Crippen LogP contribution in [0.15, 0.2) is 96.9 Å². The molecule has 3 saturated heterocycles. The van der Waals surface area contributed by atoms with E-state index in [4.69, 9.17) is 38.6 Å². The summed E-state index contributed by atoms with van der Waals surface area (Å²) in [6, 6.07) is 28.5. The summed E-state index contributed by atoms with van der Waals surface area (Å²) in [6.45, 7) is 12.8. The summed E-state index contributed by atoms with van der Waals surface area (Å²) >= 11 is 1.60. The maximum Gasteiger partial charge on any atom is 0.318 e. The lowest BCUT2D eigenvalue weighted by atomic mass is 9.83. The Morgan fingerprint density at radius 2 is 1.56 bits per heavy atom. The number of amides is 3. The molecule has 4 aromatic carbocycles. The van der Waals surface area contributed by atoms with Crippen molar-refractivity contribution in [3.63, 3.8) is 0 Å². The van der Waals surface area contributed by atoms with Gasteiger partial charge in [-0.2, -0.15) is 15.2 Å². The average Bonchev–Trinajstić information content (AvgIpc) is 1.98. The number of ether oxygens (including phenoxy) is 5. The number of anilines is 2. The predicted molar refractivity (Wildman–Crippen MR) is 338 cm³/mol. The molecule has 6 atom stereocenters. The van der Waals surface area contributed by atoms with Crippen LogP contribution in [0, 0.1) is 17.2 Å². The van der Waals surface area contributed by atoms with Gasteiger partial charge in [0.15, 0.2) is 0 Å². The van der Waals surface area contributed by atoms with E-state index in [-0.39, 0.29) is 60.3 Å². The molecule has 20 heteroatoms. The molecule has 4 aliphatic heterocycles. The number of likely N-dealkylation sites (tertiary alicyclic amines) is 2. The van der Waals surface area contributed by atoms with Crippen molar-refractivity contribution in [2.24, 2.45) is 5.92 Å². The normalized spacial score (nSPS) is 20.8. The van der Waals surface area contributed by atoms with Crippen LogP contribution in [0.3, 0.4) is 0 Å². The van der Waals surface area contributed by atoms with Gasteiger partial charge in [-0.05, 0) is 101 Å². The Morgan fingerprint density at radius 1 is 0.793 bits per heavy atom. The van der Waals surface area contributed by atoms with E-state index < -0.39 is 6.04 Å². The summed E-state index contributed by atoms with van der Waals surface area (Å²) in [7, 11) is 3.85. The number of carbonyl (C=O) groups excluding carboxylic acids is 3. The van der Waals surface area contributed by atoms with Crippen LogP contribution >= 0.6 is 11.3 Å². The number of thiazole rings is 1. The first-order valence-electron chi connectivity index (χ1n) is 31.2. The predicted octanol–water partition coefficient (Wildman–Crippen LogP) is 8.50. The molecule has 3 amide bonds. The van der Waals surface area contributed by atoms with Crippen molar-refractivity contribution in [1.29, 1.82) is 5.26 Å². The zero-order chi connectivity index (χ0) is 60.2. The molecule has 5 aliphatic rings. The highest BCUT2D eigenvalue weighted by Gasteiger charge is 2.41. The van der Waals surface area contributed by atoms with E-state index in [1.807, 2.05) is 30.0 Å². The van der Waals surface area contributed by atoms with E-state index in [0.29, 0.717) is 85.0 Å². The number of hydrogen-bond acceptors (Lipinski definition) is 17. The molecule has 4 fully saturated rings. The number of hydrogen-bond donors (Lipinski definition) is 2. The van der Waals surface area contributed by atoms with Crippen LogP contribution in [0.5, 0.6) is 11.8 Å². The molecular formula is C67H83N11O8S. The minimum absolute atomic E-state index is 0.0132. The van der Waals surface area contributed by atoms with Crippen molar-refractivity contribution >= 4 is 62.1 Å². The van der Waals surface area contributed by atoms with E-state index in [0.717, 1.165) is 120 Å². The number of nitrogens with zero attached hydrogens (tertiary/aromatic N) is 9. The summed E-state index contributed by atoms with van der Waals surface area (Å²) < 4.78 is 31.0. The molecule has 1 aliphatic carbocycles. The van der Waals surface area contributed by atoms with E-state index in [1.54, 1.807) is 23.3 Å². The molecule has 0 bridgehead atoms. The minimum atomic E-state index is -0.535. The molecule has 6 aromatic rings. The number of aromatic nitrogens is 3. The van der Waals surface area contributed by atoms with Crippen molar-refractivity contribution in [2.75, 3.05) is 109 Å². The Balaban J connectivity index is 0.629. The number of nitriles is 1. The summed E-state index contributed by atoms with van der Waals surface area (Å²) in [5.74, 6) is 1.42. The molecule has 0 spiro atoms. The minimum Gasteiger partial charge on any atom is -0.491 e. The van der Waals surface area contributed by atoms with Gasteiger partial charge in [-0.25, -0.2) is 4.98 Å². The fraction of sp³-hybridized carbons (Fsp3) is 0.507. The van der Waals surface area contributed by atoms with Gasteiger partial charge in [-0.15, -0.1) is 11.3 Å². The fourth-order valence-corrected chi connectivity index (χ4v) is 14.3. The smallest absolute Gasteiger partial charge is 0.318 e. The molecule has 1 saturated carbocycles. The van der Waals surface area contributed by atoms with Gasteiger partial charge in [0.1, 0.15) is 35.8 Å². The van der Waals surface area contributed by atoms with Gasteiger partial charge < -0.3 is 53.9 Å². The first-order chi connectivity index (χ1) is 42.6. The second-order valence-electron chi connectivity index (χ2n) is 23.6. The second-order valence-corrected chi connectivity index (χ2v) is 24.5. The summed E-state index contributed by atoms with van der Waals surface area (Å²) in [6.07, 6.45) is 10.0. The van der Waals surface area contributed by atoms with Gasteiger partial charge in [-0.3, -0.25) is 19.3 Å². The third kappa shape index (κ3) is 14.4. The Hall–Kier alpha value is -7.25.